The molecule has 0 radical (unpaired) electrons. The Morgan fingerprint density at radius 2 is 2.08 bits per heavy atom. The summed E-state index contributed by atoms with van der Waals surface area (Å²) in [6.07, 6.45) is -2.31. The molecule has 0 saturated heterocycles. The van der Waals surface area contributed by atoms with Gasteiger partial charge < -0.3 is 15.2 Å². The van der Waals surface area contributed by atoms with Crippen molar-refractivity contribution in [2.24, 2.45) is 10.8 Å². The summed E-state index contributed by atoms with van der Waals surface area (Å²) in [4.78, 5) is 14.4. The van der Waals surface area contributed by atoms with Gasteiger partial charge in [-0.1, -0.05) is 0 Å². The van der Waals surface area contributed by atoms with Gasteiger partial charge in [-0.05, 0) is 35.9 Å². The minimum atomic E-state index is -4.44. The van der Waals surface area contributed by atoms with Crippen LogP contribution in [0.4, 0.5) is 19.0 Å². The molecule has 1 heterocycles. The van der Waals surface area contributed by atoms with E-state index in [9.17, 15) is 18.0 Å². The number of hydrogen-bond acceptors (Lipinski definition) is 6. The summed E-state index contributed by atoms with van der Waals surface area (Å²) < 4.78 is 47.7. The van der Waals surface area contributed by atoms with Crippen LogP contribution in [-0.2, 0) is 11.0 Å². The number of halogens is 3. The molecule has 0 aliphatic rings. The topological polar surface area (TPSA) is 98.8 Å². The number of aromatic nitrogens is 1. The van der Waals surface area contributed by atoms with Gasteiger partial charge in [-0.25, -0.2) is 4.98 Å². The van der Waals surface area contributed by atoms with Crippen molar-refractivity contribution in [3.05, 3.63) is 47.7 Å². The van der Waals surface area contributed by atoms with Crippen LogP contribution in [0.1, 0.15) is 11.1 Å². The molecule has 1 amide bonds. The van der Waals surface area contributed by atoms with E-state index in [-0.39, 0.29) is 12.4 Å². The first-order chi connectivity index (χ1) is 12.3. The minimum absolute atomic E-state index is 0.155. The van der Waals surface area contributed by atoms with Gasteiger partial charge in [0, 0.05) is 6.20 Å². The van der Waals surface area contributed by atoms with Crippen molar-refractivity contribution in [1.29, 1.82) is 0 Å². The monoisotopic (exact) mass is 368 g/mol. The van der Waals surface area contributed by atoms with Crippen molar-refractivity contribution < 1.29 is 27.4 Å². The van der Waals surface area contributed by atoms with E-state index in [0.29, 0.717) is 23.3 Å². The van der Waals surface area contributed by atoms with E-state index in [0.717, 1.165) is 6.07 Å². The number of nitrogens with two attached hydrogens (primary N) is 1. The molecule has 0 spiro atoms. The molecule has 1 aromatic carbocycles. The van der Waals surface area contributed by atoms with E-state index < -0.39 is 17.6 Å². The summed E-state index contributed by atoms with van der Waals surface area (Å²) in [6, 6.07) is 6.88. The number of alkyl halides is 3. The molecule has 0 aliphatic heterocycles. The molecule has 0 saturated carbocycles. The molecular formula is C16H15F3N4O3. The fourth-order valence-corrected chi connectivity index (χ4v) is 1.83. The molecule has 0 unspecified atom stereocenters. The molecule has 0 atom stereocenters. The first-order valence-electron chi connectivity index (χ1n) is 7.21. The lowest BCUT2D eigenvalue weighted by molar-refractivity contribution is -0.137. The van der Waals surface area contributed by atoms with Gasteiger partial charge in [0.2, 0.25) is 0 Å². The van der Waals surface area contributed by atoms with Gasteiger partial charge in [0.1, 0.15) is 5.82 Å². The molecule has 3 N–H and O–H groups in total. The predicted octanol–water partition coefficient (Wildman–Crippen LogP) is 2.42. The Morgan fingerprint density at radius 1 is 1.31 bits per heavy atom. The van der Waals surface area contributed by atoms with Gasteiger partial charge in [-0.3, -0.25) is 10.2 Å². The van der Waals surface area contributed by atoms with Crippen LogP contribution in [0.15, 0.2) is 41.6 Å². The molecule has 1 aromatic heterocycles. The van der Waals surface area contributed by atoms with Crippen molar-refractivity contribution in [1.82, 2.24) is 4.98 Å². The molecule has 2 aromatic rings. The van der Waals surface area contributed by atoms with E-state index in [1.165, 1.54) is 19.4 Å². The fourth-order valence-electron chi connectivity index (χ4n) is 1.83. The maximum Gasteiger partial charge on any atom is 0.417 e. The number of rotatable bonds is 7. The van der Waals surface area contributed by atoms with Gasteiger partial charge in [0.05, 0.1) is 18.9 Å². The van der Waals surface area contributed by atoms with Crippen molar-refractivity contribution in [2.75, 3.05) is 19.1 Å². The van der Waals surface area contributed by atoms with Crippen LogP contribution in [-0.4, -0.2) is 30.8 Å². The van der Waals surface area contributed by atoms with E-state index in [1.807, 2.05) is 0 Å². The lowest BCUT2D eigenvalue weighted by atomic mass is 10.2. The number of nitrogens with one attached hydrogen (secondary N) is 1. The van der Waals surface area contributed by atoms with Crippen LogP contribution in [0.25, 0.3) is 0 Å². The number of ether oxygens (including phenoxy) is 2. The second kappa shape index (κ2) is 8.19. The summed E-state index contributed by atoms with van der Waals surface area (Å²) in [6.45, 7) is -0.287. The average molecular weight is 368 g/mol. The summed E-state index contributed by atoms with van der Waals surface area (Å²) in [5.41, 5.74) is 7.31. The molecule has 0 fully saturated rings. The van der Waals surface area contributed by atoms with E-state index in [1.54, 1.807) is 18.2 Å². The largest absolute Gasteiger partial charge is 0.493 e. The molecule has 138 valence electrons. The first kappa shape index (κ1) is 19.0. The minimum Gasteiger partial charge on any atom is -0.493 e. The number of benzene rings is 1. The van der Waals surface area contributed by atoms with Gasteiger partial charge >= 0.3 is 6.18 Å². The number of nitrogens with zero attached hydrogens (tertiary/aromatic N) is 2. The van der Waals surface area contributed by atoms with E-state index in [4.69, 9.17) is 15.2 Å². The summed E-state index contributed by atoms with van der Waals surface area (Å²) in [5, 5.41) is 3.89. The lowest BCUT2D eigenvalue weighted by Crippen LogP contribution is -2.20. The Hall–Kier alpha value is -3.30. The number of amides is 1. The number of hydrazone groups is 1. The van der Waals surface area contributed by atoms with Gasteiger partial charge in [-0.15, -0.1) is 0 Å². The Morgan fingerprint density at radius 3 is 2.65 bits per heavy atom. The van der Waals surface area contributed by atoms with Crippen LogP contribution in [0.5, 0.6) is 11.5 Å². The zero-order chi connectivity index (χ0) is 19.2. The van der Waals surface area contributed by atoms with Crippen LogP contribution in [0.3, 0.4) is 0 Å². The van der Waals surface area contributed by atoms with Gasteiger partial charge in [-0.2, -0.15) is 18.3 Å². The Balaban J connectivity index is 2.02. The van der Waals surface area contributed by atoms with Crippen LogP contribution >= 0.6 is 0 Å². The highest BCUT2D eigenvalue weighted by Gasteiger charge is 2.30. The second-order valence-corrected chi connectivity index (χ2v) is 4.97. The Kier molecular flexibility index (Phi) is 5.99. The molecule has 7 nitrogen and oxygen atoms in total. The van der Waals surface area contributed by atoms with Crippen LogP contribution in [0, 0.1) is 0 Å². The second-order valence-electron chi connectivity index (χ2n) is 4.97. The third-order valence-corrected chi connectivity index (χ3v) is 3.04. The number of primary amides is 1. The summed E-state index contributed by atoms with van der Waals surface area (Å²) in [7, 11) is 1.43. The normalized spacial score (nSPS) is 11.4. The van der Waals surface area contributed by atoms with Gasteiger partial charge in [0.15, 0.2) is 18.1 Å². The molecule has 10 heteroatoms. The molecule has 0 bridgehead atoms. The van der Waals surface area contributed by atoms with E-state index in [2.05, 4.69) is 15.5 Å². The van der Waals surface area contributed by atoms with Crippen molar-refractivity contribution >= 4 is 17.9 Å². The number of methoxy groups -OCH3 is 1. The Bertz CT molecular complexity index is 792. The highest BCUT2D eigenvalue weighted by atomic mass is 19.4. The molecule has 26 heavy (non-hydrogen) atoms. The standard InChI is InChI=1S/C16H15F3N4O3/c1-25-13-6-10(2-4-12(13)26-9-14(20)24)7-22-23-15-5-3-11(8-21-15)16(17,18)19/h2-8H,9H2,1H3,(H2,20,24)(H,21,23)/b22-7-. The summed E-state index contributed by atoms with van der Waals surface area (Å²) >= 11 is 0. The summed E-state index contributed by atoms with van der Waals surface area (Å²) in [5.74, 6) is 0.234. The number of carbonyl (C=O) groups is 1. The maximum absolute atomic E-state index is 12.5. The van der Waals surface area contributed by atoms with Crippen molar-refractivity contribution in [2.45, 2.75) is 6.18 Å². The van der Waals surface area contributed by atoms with Crippen LogP contribution < -0.4 is 20.6 Å². The number of hydrogen-bond donors (Lipinski definition) is 2. The van der Waals surface area contributed by atoms with Crippen LogP contribution in [0.2, 0.25) is 0 Å². The highest BCUT2D eigenvalue weighted by molar-refractivity contribution is 5.81. The Labute approximate surface area is 146 Å². The quantitative estimate of drug-likeness (QED) is 0.578. The highest BCUT2D eigenvalue weighted by Crippen LogP contribution is 2.29. The lowest BCUT2D eigenvalue weighted by Gasteiger charge is -2.09. The molecule has 2 rings (SSSR count). The predicted molar refractivity (Wildman–Crippen MR) is 88.1 cm³/mol. The third-order valence-electron chi connectivity index (χ3n) is 3.04. The average Bonchev–Trinajstić information content (AvgIpc) is 2.60. The zero-order valence-electron chi connectivity index (χ0n) is 13.6. The molecular weight excluding hydrogens is 353 g/mol. The zero-order valence-corrected chi connectivity index (χ0v) is 13.6. The number of anilines is 1. The van der Waals surface area contributed by atoms with Gasteiger partial charge in [0.25, 0.3) is 5.91 Å². The third kappa shape index (κ3) is 5.36. The maximum atomic E-state index is 12.5. The smallest absolute Gasteiger partial charge is 0.417 e. The van der Waals surface area contributed by atoms with E-state index >= 15 is 0 Å². The fraction of sp³-hybridized carbons (Fsp3) is 0.188. The van der Waals surface area contributed by atoms with Crippen molar-refractivity contribution in [3.63, 3.8) is 0 Å². The SMILES string of the molecule is COc1cc(/C=N\Nc2ccc(C(F)(F)F)cn2)ccc1OCC(N)=O. The molecule has 0 aliphatic carbocycles. The first-order valence-corrected chi connectivity index (χ1v) is 7.21. The number of pyridine rings is 1. The number of carbonyl (C=O) groups excluding carboxylic acids is 1. The van der Waals surface area contributed by atoms with Crippen molar-refractivity contribution in [3.8, 4) is 11.5 Å².